The van der Waals surface area contributed by atoms with Crippen molar-refractivity contribution >= 4 is 65.4 Å². The lowest BCUT2D eigenvalue weighted by atomic mass is 10.0. The molecule has 0 aliphatic carbocycles. The van der Waals surface area contributed by atoms with Crippen LogP contribution in [-0.4, -0.2) is 13.7 Å². The molecule has 0 unspecified atom stereocenters. The quantitative estimate of drug-likeness (QED) is 0.181. The van der Waals surface area contributed by atoms with Crippen LogP contribution in [0.5, 0.6) is 0 Å². The highest BCUT2D eigenvalue weighted by atomic mass is 15.0. The second-order valence-electron chi connectivity index (χ2n) is 14.3. The lowest BCUT2D eigenvalue weighted by Gasteiger charge is -2.13. The molecule has 0 saturated carbocycles. The van der Waals surface area contributed by atoms with Gasteiger partial charge >= 0.3 is 0 Å². The number of fused-ring (bicyclic) bond motifs is 9. The molecule has 3 heterocycles. The van der Waals surface area contributed by atoms with Crippen LogP contribution in [0.4, 0.5) is 0 Å². The fraction of sp³-hybridized carbons (Fsp3) is 0. The van der Waals surface area contributed by atoms with Gasteiger partial charge < -0.3 is 13.7 Å². The van der Waals surface area contributed by atoms with Crippen LogP contribution in [-0.2, 0) is 0 Å². The van der Waals surface area contributed by atoms with Gasteiger partial charge in [-0.15, -0.1) is 0 Å². The van der Waals surface area contributed by atoms with Crippen molar-refractivity contribution in [3.8, 4) is 46.4 Å². The topological polar surface area (TPSA) is 86.2 Å². The van der Waals surface area contributed by atoms with E-state index >= 15 is 0 Å². The third kappa shape index (κ3) is 4.74. The second kappa shape index (κ2) is 12.3. The van der Waals surface area contributed by atoms with Crippen LogP contribution < -0.4 is 0 Å². The molecule has 0 saturated heterocycles. The minimum atomic E-state index is 0.554. The zero-order valence-corrected chi connectivity index (χ0v) is 30.3. The first-order chi connectivity index (χ1) is 28.1. The first-order valence-corrected chi connectivity index (χ1v) is 18.7. The van der Waals surface area contributed by atoms with Gasteiger partial charge in [-0.1, -0.05) is 72.8 Å². The van der Waals surface area contributed by atoms with E-state index in [4.69, 9.17) is 0 Å². The number of benzene rings is 8. The van der Waals surface area contributed by atoms with Gasteiger partial charge in [0.2, 0.25) is 0 Å². The van der Waals surface area contributed by atoms with Crippen molar-refractivity contribution in [2.45, 2.75) is 0 Å². The lowest BCUT2D eigenvalue weighted by molar-refractivity contribution is 1.16. The molecule has 0 N–H and O–H groups in total. The molecule has 11 rings (SSSR count). The van der Waals surface area contributed by atoms with E-state index in [2.05, 4.69) is 141 Å². The Balaban J connectivity index is 1.03. The Morgan fingerprint density at radius 3 is 1.35 bits per heavy atom. The predicted molar refractivity (Wildman–Crippen MR) is 229 cm³/mol. The SMILES string of the molecule is N#Cc1ccc2c(c1)c1cc(-n3c4ccccc4c4ccccc43)ccc1n2-c1ccc(-c2ccc(-n3c4ccccc4c4cc(C#N)ccc43)c(C#N)c2)cc1. The van der Waals surface area contributed by atoms with Gasteiger partial charge in [-0.3, -0.25) is 0 Å². The molecular formula is C51H28N6. The standard InChI is InChI=1S/C51H28N6/c52-29-32-14-22-51-42(25-32)41-9-3-6-12-48(41)57(51)45-23-17-35(27-36(45)31-54)34-15-18-37(19-16-34)55-49-21-13-33(30-53)26-43(49)44-28-38(20-24-50(44)55)56-46-10-4-1-7-39(46)40-8-2-5-11-47(40)56/h1-28H. The molecule has 0 fully saturated rings. The summed E-state index contributed by atoms with van der Waals surface area (Å²) in [6.07, 6.45) is 0. The normalized spacial score (nSPS) is 11.5. The van der Waals surface area contributed by atoms with Crippen molar-refractivity contribution in [1.29, 1.82) is 15.8 Å². The molecule has 0 amide bonds. The number of aromatic nitrogens is 3. The molecular weight excluding hydrogens is 697 g/mol. The Labute approximate surface area is 326 Å². The van der Waals surface area contributed by atoms with Crippen LogP contribution in [0, 0.1) is 34.0 Å². The Hall–Kier alpha value is -8.37. The molecule has 262 valence electrons. The van der Waals surface area contributed by atoms with E-state index in [0.717, 1.165) is 82.8 Å². The molecule has 6 nitrogen and oxygen atoms in total. The monoisotopic (exact) mass is 724 g/mol. The van der Waals surface area contributed by atoms with Gasteiger partial charge in [0.25, 0.3) is 0 Å². The van der Waals surface area contributed by atoms with E-state index in [0.29, 0.717) is 16.7 Å². The number of nitrogens with zero attached hydrogens (tertiary/aromatic N) is 6. The van der Waals surface area contributed by atoms with Crippen LogP contribution in [0.25, 0.3) is 93.6 Å². The first kappa shape index (κ1) is 32.1. The third-order valence-electron chi connectivity index (χ3n) is 11.3. The number of rotatable bonds is 4. The van der Waals surface area contributed by atoms with E-state index in [1.807, 2.05) is 60.7 Å². The summed E-state index contributed by atoms with van der Waals surface area (Å²) in [5, 5.41) is 36.5. The van der Waals surface area contributed by atoms with Gasteiger partial charge in [0.05, 0.1) is 67.6 Å². The van der Waals surface area contributed by atoms with E-state index in [-0.39, 0.29) is 0 Å². The highest BCUT2D eigenvalue weighted by Crippen LogP contribution is 2.39. The Morgan fingerprint density at radius 1 is 0.316 bits per heavy atom. The Kier molecular flexibility index (Phi) is 6.95. The predicted octanol–water partition coefficient (Wildman–Crippen LogP) is 12.3. The molecule has 8 aromatic carbocycles. The molecule has 0 spiro atoms. The maximum atomic E-state index is 10.5. The van der Waals surface area contributed by atoms with Crippen molar-refractivity contribution < 1.29 is 0 Å². The fourth-order valence-electron chi connectivity index (χ4n) is 8.80. The van der Waals surface area contributed by atoms with E-state index in [9.17, 15) is 15.8 Å². The summed E-state index contributed by atoms with van der Waals surface area (Å²) in [6, 6.07) is 64.9. The molecule has 57 heavy (non-hydrogen) atoms. The van der Waals surface area contributed by atoms with Gasteiger partial charge in [-0.05, 0) is 108 Å². The van der Waals surface area contributed by atoms with Crippen molar-refractivity contribution in [1.82, 2.24) is 13.7 Å². The van der Waals surface area contributed by atoms with Crippen LogP contribution in [0.1, 0.15) is 16.7 Å². The lowest BCUT2D eigenvalue weighted by Crippen LogP contribution is -1.98. The number of hydrogen-bond donors (Lipinski definition) is 0. The maximum absolute atomic E-state index is 10.5. The zero-order chi connectivity index (χ0) is 38.2. The van der Waals surface area contributed by atoms with Gasteiger partial charge in [-0.2, -0.15) is 15.8 Å². The molecule has 0 bridgehead atoms. The third-order valence-corrected chi connectivity index (χ3v) is 11.3. The van der Waals surface area contributed by atoms with Crippen molar-refractivity contribution in [3.05, 3.63) is 187 Å². The first-order valence-electron chi connectivity index (χ1n) is 18.7. The highest BCUT2D eigenvalue weighted by Gasteiger charge is 2.19. The molecule has 11 aromatic rings. The largest absolute Gasteiger partial charge is 0.309 e. The maximum Gasteiger partial charge on any atom is 0.101 e. The minimum Gasteiger partial charge on any atom is -0.309 e. The zero-order valence-electron chi connectivity index (χ0n) is 30.3. The van der Waals surface area contributed by atoms with E-state index in [1.54, 1.807) is 0 Å². The summed E-state index contributed by atoms with van der Waals surface area (Å²) >= 11 is 0. The summed E-state index contributed by atoms with van der Waals surface area (Å²) < 4.78 is 6.70. The average Bonchev–Trinajstić information content (AvgIpc) is 3.91. The fourth-order valence-corrected chi connectivity index (χ4v) is 8.80. The average molecular weight is 725 g/mol. The number of para-hydroxylation sites is 3. The molecule has 0 atom stereocenters. The van der Waals surface area contributed by atoms with Gasteiger partial charge in [0.1, 0.15) is 6.07 Å². The van der Waals surface area contributed by atoms with Gasteiger partial charge in [0, 0.05) is 43.7 Å². The van der Waals surface area contributed by atoms with E-state index < -0.39 is 0 Å². The van der Waals surface area contributed by atoms with Crippen LogP contribution >= 0.6 is 0 Å². The highest BCUT2D eigenvalue weighted by molar-refractivity contribution is 6.13. The molecule has 0 aliphatic heterocycles. The van der Waals surface area contributed by atoms with Crippen molar-refractivity contribution in [3.63, 3.8) is 0 Å². The van der Waals surface area contributed by atoms with Gasteiger partial charge in [0.15, 0.2) is 0 Å². The Bertz CT molecular complexity index is 3560. The molecule has 0 radical (unpaired) electrons. The number of hydrogen-bond acceptors (Lipinski definition) is 3. The second-order valence-corrected chi connectivity index (χ2v) is 14.3. The van der Waals surface area contributed by atoms with Crippen molar-refractivity contribution in [2.24, 2.45) is 0 Å². The van der Waals surface area contributed by atoms with Crippen LogP contribution in [0.3, 0.4) is 0 Å². The minimum absolute atomic E-state index is 0.554. The summed E-state index contributed by atoms with van der Waals surface area (Å²) in [4.78, 5) is 0. The van der Waals surface area contributed by atoms with Gasteiger partial charge in [-0.25, -0.2) is 0 Å². The smallest absolute Gasteiger partial charge is 0.101 e. The number of nitriles is 3. The molecule has 3 aromatic heterocycles. The summed E-state index contributed by atoms with van der Waals surface area (Å²) in [5.74, 6) is 0. The molecule has 0 aliphatic rings. The summed E-state index contributed by atoms with van der Waals surface area (Å²) in [6.45, 7) is 0. The summed E-state index contributed by atoms with van der Waals surface area (Å²) in [7, 11) is 0. The summed E-state index contributed by atoms with van der Waals surface area (Å²) in [5.41, 5.74) is 12.8. The molecule has 6 heteroatoms. The Morgan fingerprint density at radius 2 is 0.754 bits per heavy atom. The van der Waals surface area contributed by atoms with Crippen molar-refractivity contribution in [2.75, 3.05) is 0 Å². The van der Waals surface area contributed by atoms with Crippen LogP contribution in [0.15, 0.2) is 170 Å². The van der Waals surface area contributed by atoms with E-state index in [1.165, 1.54) is 10.8 Å². The van der Waals surface area contributed by atoms with Crippen LogP contribution in [0.2, 0.25) is 0 Å².